The van der Waals surface area contributed by atoms with Crippen LogP contribution in [0.1, 0.15) is 45.1 Å². The minimum Gasteiger partial charge on any atom is -0.497 e. The van der Waals surface area contributed by atoms with E-state index in [1.165, 1.54) is 4.57 Å². The summed E-state index contributed by atoms with van der Waals surface area (Å²) in [4.78, 5) is 44.0. The van der Waals surface area contributed by atoms with Crippen LogP contribution in [0.15, 0.2) is 53.3 Å². The molecule has 2 aromatic heterocycles. The third kappa shape index (κ3) is 3.41. The number of ether oxygens (including phenoxy) is 2. The molecule has 2 aromatic carbocycles. The van der Waals surface area contributed by atoms with Crippen molar-refractivity contribution in [3.63, 3.8) is 0 Å². The van der Waals surface area contributed by atoms with Crippen molar-refractivity contribution in [1.82, 2.24) is 9.55 Å². The van der Waals surface area contributed by atoms with E-state index in [-0.39, 0.29) is 36.5 Å². The Morgan fingerprint density at radius 3 is 2.67 bits per heavy atom. The third-order valence-corrected chi connectivity index (χ3v) is 6.97. The number of hydrogen-bond donors (Lipinski definition) is 1. The number of ketones is 1. The highest BCUT2D eigenvalue weighted by Crippen LogP contribution is 2.39. The van der Waals surface area contributed by atoms with Crippen LogP contribution in [0.3, 0.4) is 0 Å². The van der Waals surface area contributed by atoms with Crippen molar-refractivity contribution in [2.45, 2.75) is 25.7 Å². The topological polar surface area (TPSA) is 108 Å². The van der Waals surface area contributed by atoms with Gasteiger partial charge in [0.1, 0.15) is 12.4 Å². The average Bonchev–Trinajstić information content (AvgIpc) is 3.17. The average molecular weight is 503 g/mol. The van der Waals surface area contributed by atoms with Gasteiger partial charge in [-0.25, -0.2) is 4.98 Å². The molecule has 0 amide bonds. The number of fused-ring (bicyclic) bond motifs is 5. The summed E-state index contributed by atoms with van der Waals surface area (Å²) in [5.41, 5.74) is 3.15. The zero-order chi connectivity index (χ0) is 25.1. The summed E-state index contributed by atoms with van der Waals surface area (Å²) in [6.07, 6.45) is -1.41. The van der Waals surface area contributed by atoms with E-state index >= 15 is 0 Å². The van der Waals surface area contributed by atoms with Crippen LogP contribution in [0, 0.1) is 0 Å². The van der Waals surface area contributed by atoms with Crippen molar-refractivity contribution in [2.75, 3.05) is 7.11 Å². The Balaban J connectivity index is 1.63. The van der Waals surface area contributed by atoms with Gasteiger partial charge in [-0.1, -0.05) is 11.6 Å². The first-order chi connectivity index (χ1) is 17.4. The number of aromatic nitrogens is 2. The predicted octanol–water partition coefficient (Wildman–Crippen LogP) is 3.80. The zero-order valence-electron chi connectivity index (χ0n) is 19.1. The monoisotopic (exact) mass is 502 g/mol. The molecule has 0 fully saturated rings. The number of pyridine rings is 2. The van der Waals surface area contributed by atoms with Gasteiger partial charge < -0.3 is 19.1 Å². The Bertz CT molecular complexity index is 1660. The van der Waals surface area contributed by atoms with E-state index in [9.17, 15) is 19.5 Å². The summed E-state index contributed by atoms with van der Waals surface area (Å²) in [6, 6.07) is 13.6. The molecule has 2 aliphatic rings. The Kier molecular flexibility index (Phi) is 5.17. The molecule has 0 bridgehead atoms. The Morgan fingerprint density at radius 1 is 1.14 bits per heavy atom. The van der Waals surface area contributed by atoms with Crippen molar-refractivity contribution >= 4 is 34.3 Å². The molecule has 0 saturated heterocycles. The van der Waals surface area contributed by atoms with Gasteiger partial charge in [-0.2, -0.15) is 0 Å². The Hall–Kier alpha value is -4.01. The molecule has 9 heteroatoms. The molecule has 4 aromatic rings. The number of nitrogens with zero attached hydrogens (tertiary/aromatic N) is 2. The zero-order valence-corrected chi connectivity index (χ0v) is 19.8. The van der Waals surface area contributed by atoms with Crippen LogP contribution in [0.25, 0.3) is 22.3 Å². The maximum atomic E-state index is 13.9. The molecule has 0 spiro atoms. The first-order valence-electron chi connectivity index (χ1n) is 11.3. The maximum Gasteiger partial charge on any atom is 0.309 e. The van der Waals surface area contributed by atoms with Gasteiger partial charge in [-0.05, 0) is 54.1 Å². The van der Waals surface area contributed by atoms with Gasteiger partial charge in [-0.3, -0.25) is 14.4 Å². The minimum absolute atomic E-state index is 0.107. The number of aliphatic hydroxyl groups is 1. The molecule has 2 aliphatic heterocycles. The molecule has 6 rings (SSSR count). The Morgan fingerprint density at radius 2 is 1.92 bits per heavy atom. The van der Waals surface area contributed by atoms with Gasteiger partial charge in [-0.15, -0.1) is 0 Å². The van der Waals surface area contributed by atoms with Crippen molar-refractivity contribution in [3.8, 4) is 17.1 Å². The molecular formula is C27H19ClN2O6. The highest BCUT2D eigenvalue weighted by molar-refractivity contribution is 6.30. The van der Waals surface area contributed by atoms with Crippen molar-refractivity contribution in [3.05, 3.63) is 91.7 Å². The minimum atomic E-state index is -1.17. The number of esters is 1. The highest BCUT2D eigenvalue weighted by Gasteiger charge is 2.33. The largest absolute Gasteiger partial charge is 0.497 e. The third-order valence-electron chi connectivity index (χ3n) is 6.72. The van der Waals surface area contributed by atoms with E-state index in [1.807, 2.05) is 0 Å². The second-order valence-corrected chi connectivity index (χ2v) is 9.20. The molecule has 4 heterocycles. The normalized spacial score (nSPS) is 16.1. The molecule has 36 heavy (non-hydrogen) atoms. The van der Waals surface area contributed by atoms with Gasteiger partial charge in [0.05, 0.1) is 48.6 Å². The number of carbonyl (C=O) groups is 2. The molecule has 0 saturated carbocycles. The number of aliphatic hydroxyl groups excluding tert-OH is 1. The van der Waals surface area contributed by atoms with Crippen LogP contribution in [-0.4, -0.2) is 33.5 Å². The highest BCUT2D eigenvalue weighted by atomic mass is 35.5. The van der Waals surface area contributed by atoms with Gasteiger partial charge in [0.25, 0.3) is 5.56 Å². The van der Waals surface area contributed by atoms with E-state index in [1.54, 1.807) is 55.6 Å². The van der Waals surface area contributed by atoms with Crippen LogP contribution >= 0.6 is 11.6 Å². The fourth-order valence-electron chi connectivity index (χ4n) is 4.92. The van der Waals surface area contributed by atoms with E-state index in [0.29, 0.717) is 55.3 Å². The predicted molar refractivity (Wildman–Crippen MR) is 131 cm³/mol. The quantitative estimate of drug-likeness (QED) is 0.295. The van der Waals surface area contributed by atoms with Gasteiger partial charge in [0.15, 0.2) is 5.78 Å². The second-order valence-electron chi connectivity index (χ2n) is 8.77. The molecule has 8 nitrogen and oxygen atoms in total. The summed E-state index contributed by atoms with van der Waals surface area (Å²) in [6.45, 7) is -0.112. The fourth-order valence-corrected chi connectivity index (χ4v) is 5.05. The number of hydrogen-bond acceptors (Lipinski definition) is 7. The van der Waals surface area contributed by atoms with Crippen LogP contribution in [0.5, 0.6) is 5.75 Å². The van der Waals surface area contributed by atoms with Crippen molar-refractivity contribution in [1.29, 1.82) is 0 Å². The lowest BCUT2D eigenvalue weighted by Crippen LogP contribution is -2.25. The molecular weight excluding hydrogens is 484 g/mol. The number of benzene rings is 2. The maximum absolute atomic E-state index is 13.9. The Labute approximate surface area is 209 Å². The van der Waals surface area contributed by atoms with Crippen molar-refractivity contribution in [2.24, 2.45) is 0 Å². The van der Waals surface area contributed by atoms with Crippen LogP contribution in [-0.2, 0) is 22.7 Å². The van der Waals surface area contributed by atoms with Crippen LogP contribution in [0.4, 0.5) is 0 Å². The lowest BCUT2D eigenvalue weighted by Gasteiger charge is -2.13. The van der Waals surface area contributed by atoms with Crippen LogP contribution in [0.2, 0.25) is 5.02 Å². The molecule has 180 valence electrons. The van der Waals surface area contributed by atoms with E-state index < -0.39 is 12.1 Å². The van der Waals surface area contributed by atoms with E-state index in [2.05, 4.69) is 0 Å². The SMILES string of the molecule is COc1ccc2nc3c(c(C(=O)c4ccc(Cl)cc4)c2c1)Cn1c-3cc2c(c1=O)COC(=O)CC2O. The van der Waals surface area contributed by atoms with Crippen molar-refractivity contribution < 1.29 is 24.2 Å². The number of carbonyl (C=O) groups excluding carboxylic acids is 2. The van der Waals surface area contributed by atoms with Gasteiger partial charge >= 0.3 is 5.97 Å². The lowest BCUT2D eigenvalue weighted by atomic mass is 9.93. The molecule has 0 radical (unpaired) electrons. The summed E-state index contributed by atoms with van der Waals surface area (Å²) in [5.74, 6) is -0.240. The summed E-state index contributed by atoms with van der Waals surface area (Å²) in [5, 5.41) is 11.7. The van der Waals surface area contributed by atoms with E-state index in [0.717, 1.165) is 0 Å². The number of methoxy groups -OCH3 is 1. The standard InChI is InChI=1S/C27H19ClN2O6/c1-35-15-6-7-20-17(8-15)24(26(33)13-2-4-14(28)5-3-13)18-11-30-21(25(18)29-20)9-16-19(27(30)34)12-36-23(32)10-22(16)31/h2-9,22,31H,10-12H2,1H3. The van der Waals surface area contributed by atoms with E-state index in [4.69, 9.17) is 26.1 Å². The number of cyclic esters (lactones) is 1. The van der Waals surface area contributed by atoms with Gasteiger partial charge in [0, 0.05) is 27.1 Å². The van der Waals surface area contributed by atoms with Gasteiger partial charge in [0.2, 0.25) is 0 Å². The summed E-state index contributed by atoms with van der Waals surface area (Å²) >= 11 is 6.04. The first-order valence-corrected chi connectivity index (χ1v) is 11.6. The number of halogens is 1. The van der Waals surface area contributed by atoms with Crippen LogP contribution < -0.4 is 10.3 Å². The fraction of sp³-hybridized carbons (Fsp3) is 0.185. The summed E-state index contributed by atoms with van der Waals surface area (Å²) < 4.78 is 12.0. The first kappa shape index (κ1) is 22.5. The molecule has 0 aliphatic carbocycles. The molecule has 1 N–H and O–H groups in total. The molecule has 1 atom stereocenters. The summed E-state index contributed by atoms with van der Waals surface area (Å²) in [7, 11) is 1.54. The smallest absolute Gasteiger partial charge is 0.309 e. The molecule has 1 unspecified atom stereocenters. The number of rotatable bonds is 3. The lowest BCUT2D eigenvalue weighted by molar-refractivity contribution is -0.146. The second kappa shape index (κ2) is 8.29.